The molecule has 0 saturated heterocycles. The first-order valence-corrected chi connectivity index (χ1v) is 12.4. The number of nitrogens with two attached hydrogens (primary N) is 2. The van der Waals surface area contributed by atoms with Crippen molar-refractivity contribution in [1.82, 2.24) is 9.21 Å². The van der Waals surface area contributed by atoms with Gasteiger partial charge in [0.25, 0.3) is 6.47 Å². The number of rotatable bonds is 13. The Hall–Kier alpha value is -3.58. The van der Waals surface area contributed by atoms with Crippen LogP contribution in [0, 0.1) is 5.82 Å². The number of nitrogens with zero attached hydrogens (tertiary/aromatic N) is 2. The van der Waals surface area contributed by atoms with E-state index < -0.39 is 11.7 Å². The van der Waals surface area contributed by atoms with Crippen molar-refractivity contribution in [3.05, 3.63) is 58.9 Å². The van der Waals surface area contributed by atoms with Gasteiger partial charge in [0, 0.05) is 22.9 Å². The lowest BCUT2D eigenvalue weighted by Gasteiger charge is -2.17. The van der Waals surface area contributed by atoms with Crippen LogP contribution in [0.1, 0.15) is 18.1 Å². The van der Waals surface area contributed by atoms with Gasteiger partial charge in [-0.15, -0.1) is 0 Å². The summed E-state index contributed by atoms with van der Waals surface area (Å²) in [5.74, 6) is -1.38. The molecule has 2 rings (SSSR count). The third-order valence-electron chi connectivity index (χ3n) is 4.59. The zero-order chi connectivity index (χ0) is 30.0. The highest BCUT2D eigenvalue weighted by molar-refractivity contribution is 7.97. The number of methoxy groups -OCH3 is 1. The van der Waals surface area contributed by atoms with Gasteiger partial charge in [0.05, 0.1) is 20.2 Å². The van der Waals surface area contributed by atoms with Gasteiger partial charge in [-0.1, -0.05) is 12.1 Å². The number of benzene rings is 2. The molecular weight excluding hydrogens is 527 g/mol. The highest BCUT2D eigenvalue weighted by Gasteiger charge is 2.16. The molecule has 4 N–H and O–H groups in total. The van der Waals surface area contributed by atoms with Crippen LogP contribution in [-0.4, -0.2) is 82.5 Å². The van der Waals surface area contributed by atoms with Crippen molar-refractivity contribution in [2.75, 3.05) is 48.4 Å². The van der Waals surface area contributed by atoms with E-state index in [1.807, 2.05) is 38.2 Å². The lowest BCUT2D eigenvalue weighted by molar-refractivity contribution is -0.121. The number of carbonyl (C=O) groups is 4. The Balaban J connectivity index is 0.00000220. The summed E-state index contributed by atoms with van der Waals surface area (Å²) in [6.07, 6.45) is 1.60. The maximum Gasteiger partial charge on any atom is 0.298 e. The average molecular weight is 565 g/mol. The number of amides is 1. The molecule has 0 aliphatic heterocycles. The van der Waals surface area contributed by atoms with Gasteiger partial charge in [0.15, 0.2) is 11.6 Å². The smallest absolute Gasteiger partial charge is 0.298 e. The predicted octanol–water partition coefficient (Wildman–Crippen LogP) is 2.33. The zero-order valence-corrected chi connectivity index (χ0v) is 23.9. The van der Waals surface area contributed by atoms with Crippen molar-refractivity contribution in [2.45, 2.75) is 18.2 Å². The topological polar surface area (TPSA) is 145 Å². The molecular formula is C27H37FN4O6S. The fourth-order valence-corrected chi connectivity index (χ4v) is 4.02. The summed E-state index contributed by atoms with van der Waals surface area (Å²) in [5.41, 5.74) is 11.7. The predicted molar refractivity (Wildman–Crippen MR) is 151 cm³/mol. The molecule has 0 fully saturated rings. The van der Waals surface area contributed by atoms with Crippen molar-refractivity contribution < 1.29 is 33.0 Å². The molecule has 0 aliphatic carbocycles. The zero-order valence-electron chi connectivity index (χ0n) is 23.1. The second-order valence-electron chi connectivity index (χ2n) is 8.18. The number of carbonyl (C=O) groups excluding carboxylic acids is 4. The Bertz CT molecular complexity index is 1120. The number of ether oxygens (including phenoxy) is 2. The van der Waals surface area contributed by atoms with Crippen molar-refractivity contribution in [2.24, 2.45) is 11.5 Å². The van der Waals surface area contributed by atoms with Crippen LogP contribution in [0.25, 0.3) is 5.57 Å². The Morgan fingerprint density at radius 1 is 1.08 bits per heavy atom. The first kappa shape index (κ1) is 35.4. The minimum Gasteiger partial charge on any atom is -0.496 e. The first-order chi connectivity index (χ1) is 18.6. The Morgan fingerprint density at radius 3 is 2.23 bits per heavy atom. The summed E-state index contributed by atoms with van der Waals surface area (Å²) < 4.78 is 25.7. The maximum atomic E-state index is 14.3. The van der Waals surface area contributed by atoms with Gasteiger partial charge in [-0.2, -0.15) is 0 Å². The summed E-state index contributed by atoms with van der Waals surface area (Å²) in [4.78, 5) is 47.3. The molecule has 0 bridgehead atoms. The summed E-state index contributed by atoms with van der Waals surface area (Å²) in [5, 5.41) is 0. The molecule has 0 aliphatic rings. The second-order valence-corrected chi connectivity index (χ2v) is 9.35. The minimum absolute atomic E-state index is 0.0194. The molecule has 0 unspecified atom stereocenters. The monoisotopic (exact) mass is 564 g/mol. The van der Waals surface area contributed by atoms with E-state index in [4.69, 9.17) is 10.5 Å². The van der Waals surface area contributed by atoms with Gasteiger partial charge in [0.1, 0.15) is 18.3 Å². The number of hydrogen-bond acceptors (Lipinski definition) is 10. The molecule has 2 aromatic rings. The summed E-state index contributed by atoms with van der Waals surface area (Å²) in [6, 6.07) is 9.60. The van der Waals surface area contributed by atoms with Gasteiger partial charge < -0.3 is 30.6 Å². The fraction of sp³-hybridized carbons (Fsp3) is 0.333. The Kier molecular flexibility index (Phi) is 17.7. The molecule has 0 aromatic heterocycles. The van der Waals surface area contributed by atoms with E-state index in [-0.39, 0.29) is 37.5 Å². The number of allylic oxidation sites excluding steroid dienone is 2. The Labute approximate surface area is 233 Å². The third kappa shape index (κ3) is 13.2. The van der Waals surface area contributed by atoms with E-state index in [1.54, 1.807) is 19.1 Å². The van der Waals surface area contributed by atoms with Crippen molar-refractivity contribution in [1.29, 1.82) is 0 Å². The Morgan fingerprint density at radius 2 is 1.72 bits per heavy atom. The molecule has 0 heterocycles. The highest BCUT2D eigenvalue weighted by atomic mass is 32.2. The van der Waals surface area contributed by atoms with Crippen molar-refractivity contribution in [3.8, 4) is 11.5 Å². The van der Waals surface area contributed by atoms with Crippen LogP contribution in [0.4, 0.5) is 4.39 Å². The molecule has 214 valence electrons. The normalized spacial score (nSPS) is 10.8. The fourth-order valence-electron chi connectivity index (χ4n) is 3.05. The standard InChI is InChI=1S/C23H23FN2O6S.C3H9N.CH5N/c1-15(19-10-20(24)22(32-14-29)11-21(19)31-2)17(13-28)8-16-4-3-5-18(9-16)33-26(6-7-27)12-23(25)30;1-4(2)3;1-2/h3-5,7,9-11,13-14H,6,8,12H2,1-2H3,(H2,25,30);1-3H3;2H2,1H3/b17-15-;;. The van der Waals surface area contributed by atoms with Gasteiger partial charge in [0.2, 0.25) is 5.91 Å². The van der Waals surface area contributed by atoms with E-state index in [9.17, 15) is 23.6 Å². The van der Waals surface area contributed by atoms with Gasteiger partial charge >= 0.3 is 0 Å². The third-order valence-corrected chi connectivity index (χ3v) is 5.60. The number of halogens is 1. The highest BCUT2D eigenvalue weighted by Crippen LogP contribution is 2.34. The van der Waals surface area contributed by atoms with Crippen molar-refractivity contribution in [3.63, 3.8) is 0 Å². The van der Waals surface area contributed by atoms with Crippen LogP contribution >= 0.6 is 11.9 Å². The molecule has 0 atom stereocenters. The van der Waals surface area contributed by atoms with E-state index in [1.165, 1.54) is 36.5 Å². The maximum absolute atomic E-state index is 14.3. The molecule has 12 heteroatoms. The van der Waals surface area contributed by atoms with Crippen LogP contribution in [0.5, 0.6) is 11.5 Å². The number of hydrogen-bond donors (Lipinski definition) is 2. The molecule has 0 spiro atoms. The molecule has 39 heavy (non-hydrogen) atoms. The largest absolute Gasteiger partial charge is 0.496 e. The van der Waals surface area contributed by atoms with E-state index in [0.29, 0.717) is 29.3 Å². The molecule has 1 amide bonds. The summed E-state index contributed by atoms with van der Waals surface area (Å²) in [6.45, 7) is 1.70. The van der Waals surface area contributed by atoms with Crippen LogP contribution in [0.2, 0.25) is 0 Å². The minimum atomic E-state index is -0.773. The molecule has 10 nitrogen and oxygen atoms in total. The van der Waals surface area contributed by atoms with E-state index in [0.717, 1.165) is 16.5 Å². The van der Waals surface area contributed by atoms with Crippen LogP contribution in [-0.2, 0) is 25.6 Å². The van der Waals surface area contributed by atoms with E-state index in [2.05, 4.69) is 10.5 Å². The average Bonchev–Trinajstić information content (AvgIpc) is 2.89. The SMILES string of the molecule is CN.CN(C)C.COc1cc(OC=O)c(F)cc1/C(C)=C(\C=O)Cc1cccc(SN(CC=O)CC(N)=O)c1. The number of aldehydes is 2. The van der Waals surface area contributed by atoms with Crippen LogP contribution in [0.3, 0.4) is 0 Å². The quantitative estimate of drug-likeness (QED) is 0.211. The lowest BCUT2D eigenvalue weighted by Crippen LogP contribution is -2.30. The first-order valence-electron chi connectivity index (χ1n) is 11.6. The summed E-state index contributed by atoms with van der Waals surface area (Å²) in [7, 11) is 8.88. The lowest BCUT2D eigenvalue weighted by atomic mass is 9.96. The van der Waals surface area contributed by atoms with Gasteiger partial charge in [-0.05, 0) is 82.0 Å². The van der Waals surface area contributed by atoms with Gasteiger partial charge in [-0.3, -0.25) is 14.4 Å². The van der Waals surface area contributed by atoms with Crippen LogP contribution in [0.15, 0.2) is 46.9 Å². The van der Waals surface area contributed by atoms with Crippen molar-refractivity contribution >= 4 is 42.5 Å². The second kappa shape index (κ2) is 19.5. The molecule has 0 saturated carbocycles. The van der Waals surface area contributed by atoms with Gasteiger partial charge in [-0.25, -0.2) is 8.70 Å². The number of primary amides is 1. The molecule has 2 aromatic carbocycles. The summed E-state index contributed by atoms with van der Waals surface area (Å²) >= 11 is 1.19. The molecule has 0 radical (unpaired) electrons. The van der Waals surface area contributed by atoms with Crippen LogP contribution < -0.4 is 20.9 Å². The van der Waals surface area contributed by atoms with E-state index >= 15 is 0 Å².